The fourth-order valence-electron chi connectivity index (χ4n) is 1.15. The van der Waals surface area contributed by atoms with E-state index in [1.807, 2.05) is 0 Å². The number of rotatable bonds is 2. The van der Waals surface area contributed by atoms with Gasteiger partial charge in [-0.25, -0.2) is 0 Å². The van der Waals surface area contributed by atoms with E-state index in [-0.39, 0.29) is 12.3 Å². The molecule has 0 aromatic heterocycles. The van der Waals surface area contributed by atoms with Gasteiger partial charge >= 0.3 is 0 Å². The molecular weight excluding hydrogens is 144 g/mol. The Kier molecular flexibility index (Phi) is 2.14. The number of β-amino-alcohol motifs (C(OH)–C–C–N with tert-alkyl or cyclic N) is 1. The predicted octanol–water partition coefficient (Wildman–Crippen LogP) is -0.948. The van der Waals surface area contributed by atoms with Crippen molar-refractivity contribution in [3.8, 4) is 0 Å². The minimum atomic E-state index is -0.526. The Hall–Kier alpha value is -1.03. The predicted molar refractivity (Wildman–Crippen MR) is 40.5 cm³/mol. The Bertz CT molecular complexity index is 191. The van der Waals surface area contributed by atoms with Crippen LogP contribution in [0.4, 0.5) is 0 Å². The summed E-state index contributed by atoms with van der Waals surface area (Å²) >= 11 is 0. The van der Waals surface area contributed by atoms with Gasteiger partial charge in [-0.1, -0.05) is 6.58 Å². The number of amides is 1. The van der Waals surface area contributed by atoms with Crippen molar-refractivity contribution in [2.75, 3.05) is 13.1 Å². The minimum Gasteiger partial charge on any atom is -0.401 e. The standard InChI is InChI=1S/C7H12N2O2/c1-5(8)3-9-4-6(10)2-7(9)11/h6,10H,1-4,8H2. The second kappa shape index (κ2) is 2.92. The molecule has 1 atom stereocenters. The van der Waals surface area contributed by atoms with Gasteiger partial charge in [-0.2, -0.15) is 0 Å². The lowest BCUT2D eigenvalue weighted by Crippen LogP contribution is -2.29. The number of carbonyl (C=O) groups excluding carboxylic acids is 1. The highest BCUT2D eigenvalue weighted by Gasteiger charge is 2.27. The molecule has 11 heavy (non-hydrogen) atoms. The van der Waals surface area contributed by atoms with Gasteiger partial charge in [0.25, 0.3) is 0 Å². The molecule has 0 saturated carbocycles. The summed E-state index contributed by atoms with van der Waals surface area (Å²) in [5.74, 6) is -0.0518. The van der Waals surface area contributed by atoms with Crippen LogP contribution in [0.2, 0.25) is 0 Å². The van der Waals surface area contributed by atoms with E-state index in [4.69, 9.17) is 10.8 Å². The first kappa shape index (κ1) is 8.07. The van der Waals surface area contributed by atoms with Gasteiger partial charge in [0.05, 0.1) is 19.1 Å². The van der Waals surface area contributed by atoms with E-state index in [1.165, 1.54) is 4.90 Å². The van der Waals surface area contributed by atoms with E-state index in [2.05, 4.69) is 6.58 Å². The SMILES string of the molecule is C=C(N)CN1CC(O)CC1=O. The lowest BCUT2D eigenvalue weighted by atomic mass is 10.3. The summed E-state index contributed by atoms with van der Waals surface area (Å²) in [4.78, 5) is 12.5. The number of likely N-dealkylation sites (tertiary alicyclic amines) is 1. The molecule has 0 aliphatic carbocycles. The lowest BCUT2D eigenvalue weighted by Gasteiger charge is -2.14. The van der Waals surface area contributed by atoms with Crippen LogP contribution in [0.3, 0.4) is 0 Å². The fraction of sp³-hybridized carbons (Fsp3) is 0.571. The summed E-state index contributed by atoms with van der Waals surface area (Å²) in [6, 6.07) is 0. The zero-order valence-electron chi connectivity index (χ0n) is 6.29. The van der Waals surface area contributed by atoms with Crippen molar-refractivity contribution in [3.63, 3.8) is 0 Å². The van der Waals surface area contributed by atoms with Gasteiger partial charge in [0.15, 0.2) is 0 Å². The molecule has 1 rings (SSSR count). The lowest BCUT2D eigenvalue weighted by molar-refractivity contribution is -0.127. The van der Waals surface area contributed by atoms with Gasteiger partial charge in [-0.15, -0.1) is 0 Å². The van der Waals surface area contributed by atoms with Crippen LogP contribution in [0, 0.1) is 0 Å². The van der Waals surface area contributed by atoms with Gasteiger partial charge in [0, 0.05) is 12.2 Å². The van der Waals surface area contributed by atoms with Crippen molar-refractivity contribution < 1.29 is 9.90 Å². The van der Waals surface area contributed by atoms with Crippen molar-refractivity contribution in [2.24, 2.45) is 5.73 Å². The van der Waals surface area contributed by atoms with Crippen LogP contribution in [0.5, 0.6) is 0 Å². The number of nitrogens with zero attached hydrogens (tertiary/aromatic N) is 1. The van der Waals surface area contributed by atoms with Gasteiger partial charge < -0.3 is 15.7 Å². The Labute approximate surface area is 65.3 Å². The molecule has 1 unspecified atom stereocenters. The zero-order valence-corrected chi connectivity index (χ0v) is 6.29. The maximum Gasteiger partial charge on any atom is 0.225 e. The van der Waals surface area contributed by atoms with Crippen molar-refractivity contribution >= 4 is 5.91 Å². The van der Waals surface area contributed by atoms with Gasteiger partial charge in [0.1, 0.15) is 0 Å². The van der Waals surface area contributed by atoms with E-state index in [9.17, 15) is 4.79 Å². The molecule has 1 aliphatic rings. The summed E-state index contributed by atoms with van der Waals surface area (Å²) in [5.41, 5.74) is 5.76. The Morgan fingerprint density at radius 2 is 2.55 bits per heavy atom. The second-order valence-corrected chi connectivity index (χ2v) is 2.79. The first-order valence-electron chi connectivity index (χ1n) is 3.48. The molecule has 1 fully saturated rings. The minimum absolute atomic E-state index is 0.0518. The normalized spacial score (nSPS) is 24.3. The largest absolute Gasteiger partial charge is 0.401 e. The maximum absolute atomic E-state index is 11.0. The second-order valence-electron chi connectivity index (χ2n) is 2.79. The quantitative estimate of drug-likeness (QED) is 0.542. The molecule has 0 aromatic carbocycles. The smallest absolute Gasteiger partial charge is 0.225 e. The molecule has 1 aliphatic heterocycles. The molecule has 4 heteroatoms. The van der Waals surface area contributed by atoms with Gasteiger partial charge in [-0.3, -0.25) is 4.79 Å². The number of carbonyl (C=O) groups is 1. The molecule has 4 nitrogen and oxygen atoms in total. The maximum atomic E-state index is 11.0. The number of aliphatic hydroxyl groups excluding tert-OH is 1. The summed E-state index contributed by atoms with van der Waals surface area (Å²) < 4.78 is 0. The summed E-state index contributed by atoms with van der Waals surface area (Å²) in [6.45, 7) is 4.22. The molecular formula is C7H12N2O2. The third-order valence-electron chi connectivity index (χ3n) is 1.59. The molecule has 1 heterocycles. The van der Waals surface area contributed by atoms with E-state index in [0.717, 1.165) is 0 Å². The first-order chi connectivity index (χ1) is 5.09. The van der Waals surface area contributed by atoms with Crippen LogP contribution in [-0.4, -0.2) is 35.1 Å². The average Bonchev–Trinajstić information content (AvgIpc) is 2.09. The number of aliphatic hydroxyl groups is 1. The monoisotopic (exact) mass is 156 g/mol. The van der Waals surface area contributed by atoms with Crippen LogP contribution >= 0.6 is 0 Å². The van der Waals surface area contributed by atoms with Crippen molar-refractivity contribution in [2.45, 2.75) is 12.5 Å². The topological polar surface area (TPSA) is 66.6 Å². The van der Waals surface area contributed by atoms with Crippen molar-refractivity contribution in [1.82, 2.24) is 4.90 Å². The van der Waals surface area contributed by atoms with E-state index < -0.39 is 6.10 Å². The van der Waals surface area contributed by atoms with Crippen LogP contribution < -0.4 is 5.73 Å². The molecule has 1 saturated heterocycles. The molecule has 62 valence electrons. The number of nitrogens with two attached hydrogens (primary N) is 1. The summed E-state index contributed by atoms with van der Waals surface area (Å²) in [7, 11) is 0. The van der Waals surface area contributed by atoms with Crippen LogP contribution in [0.15, 0.2) is 12.3 Å². The van der Waals surface area contributed by atoms with E-state index in [0.29, 0.717) is 18.8 Å². The highest BCUT2D eigenvalue weighted by Crippen LogP contribution is 2.10. The summed E-state index contributed by atoms with van der Waals surface area (Å²) in [5, 5.41) is 9.05. The van der Waals surface area contributed by atoms with Crippen LogP contribution in [-0.2, 0) is 4.79 Å². The highest BCUT2D eigenvalue weighted by atomic mass is 16.3. The van der Waals surface area contributed by atoms with Gasteiger partial charge in [-0.05, 0) is 0 Å². The van der Waals surface area contributed by atoms with Crippen molar-refractivity contribution in [3.05, 3.63) is 12.3 Å². The first-order valence-corrected chi connectivity index (χ1v) is 3.48. The summed E-state index contributed by atoms with van der Waals surface area (Å²) in [6.07, 6.45) is -0.311. The fourth-order valence-corrected chi connectivity index (χ4v) is 1.15. The number of hydrogen-bond donors (Lipinski definition) is 2. The number of hydrogen-bond acceptors (Lipinski definition) is 3. The van der Waals surface area contributed by atoms with Crippen LogP contribution in [0.25, 0.3) is 0 Å². The van der Waals surface area contributed by atoms with Crippen molar-refractivity contribution in [1.29, 1.82) is 0 Å². The average molecular weight is 156 g/mol. The highest BCUT2D eigenvalue weighted by molar-refractivity contribution is 5.79. The Morgan fingerprint density at radius 1 is 1.91 bits per heavy atom. The van der Waals surface area contributed by atoms with E-state index >= 15 is 0 Å². The third kappa shape index (κ3) is 1.94. The zero-order chi connectivity index (χ0) is 8.43. The Balaban J connectivity index is 2.47. The van der Waals surface area contributed by atoms with Crippen LogP contribution in [0.1, 0.15) is 6.42 Å². The Morgan fingerprint density at radius 3 is 2.91 bits per heavy atom. The third-order valence-corrected chi connectivity index (χ3v) is 1.59. The molecule has 0 radical (unpaired) electrons. The van der Waals surface area contributed by atoms with Gasteiger partial charge in [0.2, 0.25) is 5.91 Å². The van der Waals surface area contributed by atoms with E-state index in [1.54, 1.807) is 0 Å². The molecule has 0 bridgehead atoms. The molecule has 3 N–H and O–H groups in total. The molecule has 0 aromatic rings. The molecule has 1 amide bonds. The molecule has 0 spiro atoms.